The molecule has 3 aliphatic heterocycles. The van der Waals surface area contributed by atoms with Crippen molar-refractivity contribution in [2.24, 2.45) is 5.92 Å². The molecule has 0 aliphatic carbocycles. The van der Waals surface area contributed by atoms with Crippen LogP contribution < -0.4 is 10.2 Å². The van der Waals surface area contributed by atoms with E-state index < -0.39 is 6.04 Å². The summed E-state index contributed by atoms with van der Waals surface area (Å²) in [4.78, 5) is 44.4. The fraction of sp³-hybridized carbons (Fsp3) is 0.464. The van der Waals surface area contributed by atoms with Gasteiger partial charge in [0.2, 0.25) is 5.91 Å². The number of amides is 3. The molecule has 2 saturated heterocycles. The molecule has 3 amide bonds. The standard InChI is InChI=1S/C28H34N4O3/c1-30-25-19-22(9-10-23(25)27(34)32-14-5-8-24(32)28(30)35)26(33)29-13-17-31-15-11-21(12-16-31)18-20-6-3-2-4-7-20/h2-4,6-7,9-10,19,21,24H,5,8,11-18H2,1H3,(H,29,33). The van der Waals surface area contributed by atoms with Crippen LogP contribution in [0.5, 0.6) is 0 Å². The summed E-state index contributed by atoms with van der Waals surface area (Å²) in [7, 11) is 1.69. The molecule has 1 N–H and O–H groups in total. The van der Waals surface area contributed by atoms with Crippen LogP contribution in [0.15, 0.2) is 48.5 Å². The number of anilines is 1. The molecule has 1 unspecified atom stereocenters. The molecule has 3 aliphatic rings. The van der Waals surface area contributed by atoms with E-state index in [1.165, 1.54) is 18.4 Å². The van der Waals surface area contributed by atoms with E-state index in [1.54, 1.807) is 35.0 Å². The molecule has 3 heterocycles. The minimum Gasteiger partial charge on any atom is -0.351 e. The summed E-state index contributed by atoms with van der Waals surface area (Å²) in [6, 6.07) is 15.3. The van der Waals surface area contributed by atoms with Gasteiger partial charge in [-0.05, 0) is 74.9 Å². The number of fused-ring (bicyclic) bond motifs is 2. The normalized spacial score (nSPS) is 21.0. The molecule has 2 aromatic carbocycles. The molecule has 0 spiro atoms. The topological polar surface area (TPSA) is 73.0 Å². The van der Waals surface area contributed by atoms with E-state index in [0.717, 1.165) is 38.4 Å². The molecule has 0 bridgehead atoms. The highest BCUT2D eigenvalue weighted by Gasteiger charge is 2.41. The highest BCUT2D eigenvalue weighted by atomic mass is 16.2. The third-order valence-electron chi connectivity index (χ3n) is 7.77. The summed E-state index contributed by atoms with van der Waals surface area (Å²) in [5.74, 6) is 0.344. The Morgan fingerprint density at radius 3 is 2.54 bits per heavy atom. The van der Waals surface area contributed by atoms with Crippen molar-refractivity contribution in [2.75, 3.05) is 44.7 Å². The average molecular weight is 475 g/mol. The third kappa shape index (κ3) is 4.96. The summed E-state index contributed by atoms with van der Waals surface area (Å²) < 4.78 is 0. The van der Waals surface area contributed by atoms with Gasteiger partial charge in [0.25, 0.3) is 11.8 Å². The van der Waals surface area contributed by atoms with Gasteiger partial charge in [0, 0.05) is 32.2 Å². The maximum atomic E-state index is 13.0. The number of hydrogen-bond acceptors (Lipinski definition) is 4. The van der Waals surface area contributed by atoms with E-state index in [2.05, 4.69) is 40.5 Å². The monoisotopic (exact) mass is 474 g/mol. The molecule has 35 heavy (non-hydrogen) atoms. The Balaban J connectivity index is 1.14. The second-order valence-electron chi connectivity index (χ2n) is 10.0. The van der Waals surface area contributed by atoms with Crippen molar-refractivity contribution >= 4 is 23.4 Å². The molecule has 5 rings (SSSR count). The molecular weight excluding hydrogens is 440 g/mol. The van der Waals surface area contributed by atoms with Crippen molar-refractivity contribution in [1.82, 2.24) is 15.1 Å². The second kappa shape index (κ2) is 10.2. The summed E-state index contributed by atoms with van der Waals surface area (Å²) in [6.07, 6.45) is 5.04. The van der Waals surface area contributed by atoms with Crippen molar-refractivity contribution in [3.8, 4) is 0 Å². The van der Waals surface area contributed by atoms with Crippen LogP contribution >= 0.6 is 0 Å². The Labute approximate surface area is 207 Å². The predicted molar refractivity (Wildman–Crippen MR) is 136 cm³/mol. The van der Waals surface area contributed by atoms with Crippen LogP contribution in [-0.2, 0) is 11.2 Å². The minimum atomic E-state index is -0.394. The third-order valence-corrected chi connectivity index (χ3v) is 7.77. The first-order valence-electron chi connectivity index (χ1n) is 12.8. The van der Waals surface area contributed by atoms with Crippen LogP contribution in [-0.4, -0.2) is 73.3 Å². The van der Waals surface area contributed by atoms with E-state index >= 15 is 0 Å². The van der Waals surface area contributed by atoms with Gasteiger partial charge in [0.15, 0.2) is 0 Å². The number of benzene rings is 2. The smallest absolute Gasteiger partial charge is 0.256 e. The van der Waals surface area contributed by atoms with Crippen LogP contribution in [0.2, 0.25) is 0 Å². The predicted octanol–water partition coefficient (Wildman–Crippen LogP) is 2.95. The quantitative estimate of drug-likeness (QED) is 0.699. The van der Waals surface area contributed by atoms with Gasteiger partial charge in [0.1, 0.15) is 6.04 Å². The maximum absolute atomic E-state index is 13.0. The van der Waals surface area contributed by atoms with Crippen molar-refractivity contribution in [3.63, 3.8) is 0 Å². The van der Waals surface area contributed by atoms with E-state index in [-0.39, 0.29) is 17.7 Å². The van der Waals surface area contributed by atoms with Crippen molar-refractivity contribution in [1.29, 1.82) is 0 Å². The molecule has 7 nitrogen and oxygen atoms in total. The first kappa shape index (κ1) is 23.5. The number of carbonyl (C=O) groups excluding carboxylic acids is 3. The van der Waals surface area contributed by atoms with Crippen LogP contribution in [0.25, 0.3) is 0 Å². The summed E-state index contributed by atoms with van der Waals surface area (Å²) in [5, 5.41) is 3.02. The Morgan fingerprint density at radius 1 is 1.00 bits per heavy atom. The number of carbonyl (C=O) groups is 3. The van der Waals surface area contributed by atoms with Crippen molar-refractivity contribution in [3.05, 3.63) is 65.2 Å². The molecule has 2 aromatic rings. The summed E-state index contributed by atoms with van der Waals surface area (Å²) in [6.45, 7) is 4.11. The molecule has 0 aromatic heterocycles. The lowest BCUT2D eigenvalue weighted by molar-refractivity contribution is -0.121. The summed E-state index contributed by atoms with van der Waals surface area (Å²) in [5.41, 5.74) is 2.89. The largest absolute Gasteiger partial charge is 0.351 e. The van der Waals surface area contributed by atoms with Gasteiger partial charge in [-0.3, -0.25) is 14.4 Å². The van der Waals surface area contributed by atoms with Crippen LogP contribution in [0.3, 0.4) is 0 Å². The number of likely N-dealkylation sites (N-methyl/N-ethyl adjacent to an activating group) is 1. The van der Waals surface area contributed by atoms with Crippen LogP contribution in [0.4, 0.5) is 5.69 Å². The molecule has 0 radical (unpaired) electrons. The lowest BCUT2D eigenvalue weighted by Gasteiger charge is -2.32. The first-order chi connectivity index (χ1) is 17.0. The zero-order valence-corrected chi connectivity index (χ0v) is 20.4. The van der Waals surface area contributed by atoms with Gasteiger partial charge < -0.3 is 20.0 Å². The lowest BCUT2D eigenvalue weighted by atomic mass is 9.90. The van der Waals surface area contributed by atoms with Gasteiger partial charge in [-0.15, -0.1) is 0 Å². The van der Waals surface area contributed by atoms with E-state index in [9.17, 15) is 14.4 Å². The Hall–Kier alpha value is -3.19. The first-order valence-corrected chi connectivity index (χ1v) is 12.8. The van der Waals surface area contributed by atoms with E-state index in [1.807, 2.05) is 0 Å². The van der Waals surface area contributed by atoms with Gasteiger partial charge >= 0.3 is 0 Å². The molecular formula is C28H34N4O3. The van der Waals surface area contributed by atoms with Crippen LogP contribution in [0.1, 0.15) is 52.0 Å². The van der Waals surface area contributed by atoms with E-state index in [4.69, 9.17) is 0 Å². The zero-order chi connectivity index (χ0) is 24.4. The number of nitrogens with one attached hydrogen (secondary N) is 1. The molecule has 1 atom stereocenters. The SMILES string of the molecule is CN1C(=O)C2CCCN2C(=O)c2ccc(C(=O)NCCN3CCC(Cc4ccccc4)CC3)cc21. The fourth-order valence-corrected chi connectivity index (χ4v) is 5.69. The summed E-state index contributed by atoms with van der Waals surface area (Å²) >= 11 is 0. The molecule has 0 saturated carbocycles. The van der Waals surface area contributed by atoms with Gasteiger partial charge in [-0.1, -0.05) is 30.3 Å². The lowest BCUT2D eigenvalue weighted by Crippen LogP contribution is -2.43. The molecule has 7 heteroatoms. The van der Waals surface area contributed by atoms with Crippen LogP contribution in [0, 0.1) is 5.92 Å². The zero-order valence-electron chi connectivity index (χ0n) is 20.4. The minimum absolute atomic E-state index is 0.0807. The fourth-order valence-electron chi connectivity index (χ4n) is 5.69. The van der Waals surface area contributed by atoms with Gasteiger partial charge in [-0.2, -0.15) is 0 Å². The second-order valence-corrected chi connectivity index (χ2v) is 10.0. The number of rotatable bonds is 6. The Morgan fingerprint density at radius 2 is 1.77 bits per heavy atom. The highest BCUT2D eigenvalue weighted by Crippen LogP contribution is 2.32. The number of nitrogens with zero attached hydrogens (tertiary/aromatic N) is 3. The maximum Gasteiger partial charge on any atom is 0.256 e. The Kier molecular flexibility index (Phi) is 6.86. The number of hydrogen-bond donors (Lipinski definition) is 1. The van der Waals surface area contributed by atoms with Gasteiger partial charge in [-0.25, -0.2) is 0 Å². The highest BCUT2D eigenvalue weighted by molar-refractivity contribution is 6.12. The van der Waals surface area contributed by atoms with Gasteiger partial charge in [0.05, 0.1) is 11.3 Å². The van der Waals surface area contributed by atoms with E-state index in [0.29, 0.717) is 36.3 Å². The average Bonchev–Trinajstić information content (AvgIpc) is 3.36. The number of piperidine rings is 1. The number of likely N-dealkylation sites (tertiary alicyclic amines) is 1. The van der Waals surface area contributed by atoms with Crippen molar-refractivity contribution in [2.45, 2.75) is 38.1 Å². The Bertz CT molecular complexity index is 1090. The molecule has 2 fully saturated rings. The molecule has 184 valence electrons. The van der Waals surface area contributed by atoms with Crippen molar-refractivity contribution < 1.29 is 14.4 Å².